The predicted molar refractivity (Wildman–Crippen MR) is 254 cm³/mol. The summed E-state index contributed by atoms with van der Waals surface area (Å²) in [6, 6.07) is 12.1. The van der Waals surface area contributed by atoms with Crippen molar-refractivity contribution in [1.82, 2.24) is 30.3 Å². The Balaban J connectivity index is 0.660. The first-order valence-electron chi connectivity index (χ1n) is 22.6. The van der Waals surface area contributed by atoms with Gasteiger partial charge >= 0.3 is 0 Å². The number of aromatic nitrogens is 3. The number of piperidine rings is 1. The summed E-state index contributed by atoms with van der Waals surface area (Å²) in [5.74, 6) is 1.08. The van der Waals surface area contributed by atoms with Gasteiger partial charge in [0.2, 0.25) is 17.7 Å². The number of nitrogens with zero attached hydrogens (tertiary/aromatic N) is 5. The van der Waals surface area contributed by atoms with Gasteiger partial charge in [-0.2, -0.15) is 0 Å². The molecule has 1 fully saturated rings. The van der Waals surface area contributed by atoms with Gasteiger partial charge in [0, 0.05) is 63.4 Å². The first kappa shape index (κ1) is 50.3. The lowest BCUT2D eigenvalue weighted by Gasteiger charge is -2.29. The van der Waals surface area contributed by atoms with Crippen molar-refractivity contribution in [3.63, 3.8) is 0 Å². The maximum absolute atomic E-state index is 13.2. The number of rotatable bonds is 27. The molecule has 2 atom stereocenters. The number of hydrogen-bond acceptors (Lipinski definition) is 15. The third-order valence-corrected chi connectivity index (χ3v) is 13.9. The van der Waals surface area contributed by atoms with E-state index in [1.54, 1.807) is 34.1 Å². The molecule has 4 amide bonds. The number of amides is 4. The highest BCUT2D eigenvalue weighted by atomic mass is 35.5. The second-order valence-electron chi connectivity index (χ2n) is 16.0. The maximum atomic E-state index is 13.2. The number of aryl methyl sites for hydroxylation is 2. The summed E-state index contributed by atoms with van der Waals surface area (Å²) in [5, 5.41) is 15.9. The van der Waals surface area contributed by atoms with Gasteiger partial charge in [-0.1, -0.05) is 29.8 Å². The van der Waals surface area contributed by atoms with Crippen molar-refractivity contribution in [1.29, 1.82) is 0 Å². The van der Waals surface area contributed by atoms with Gasteiger partial charge in [-0.05, 0) is 69.0 Å². The molecule has 2 aromatic carbocycles. The zero-order valence-electron chi connectivity index (χ0n) is 38.1. The molecule has 7 rings (SSSR count). The third kappa shape index (κ3) is 13.4. The third-order valence-electron chi connectivity index (χ3n) is 11.4. The number of hydrogen-bond donors (Lipinski definition) is 2. The van der Waals surface area contributed by atoms with Crippen LogP contribution in [0.2, 0.25) is 5.02 Å². The van der Waals surface area contributed by atoms with Crippen molar-refractivity contribution >= 4 is 64.0 Å². The van der Waals surface area contributed by atoms with Crippen molar-refractivity contribution in [3.05, 3.63) is 91.8 Å². The summed E-state index contributed by atoms with van der Waals surface area (Å²) < 4.78 is 35.8. The molecule has 67 heavy (non-hydrogen) atoms. The Bertz CT molecular complexity index is 2380. The molecule has 360 valence electrons. The molecular formula is C47H58ClN7O10S2. The smallest absolute Gasteiger partial charge is 0.255 e. The normalized spacial score (nSPS) is 16.7. The van der Waals surface area contributed by atoms with Crippen molar-refractivity contribution in [2.45, 2.75) is 70.0 Å². The molecule has 5 heterocycles. The van der Waals surface area contributed by atoms with Crippen LogP contribution in [0.1, 0.15) is 80.9 Å². The summed E-state index contributed by atoms with van der Waals surface area (Å²) in [6.45, 7) is 12.4. The highest BCUT2D eigenvalue weighted by Crippen LogP contribution is 2.40. The van der Waals surface area contributed by atoms with Crippen LogP contribution in [0.5, 0.6) is 0 Å². The van der Waals surface area contributed by atoms with Gasteiger partial charge in [0.15, 0.2) is 5.82 Å². The number of aliphatic imine (C=N–C) groups is 1. The van der Waals surface area contributed by atoms with Crippen LogP contribution in [0.4, 0.5) is 0 Å². The molecule has 0 radical (unpaired) electrons. The Labute approximate surface area is 403 Å². The van der Waals surface area contributed by atoms with E-state index in [0.717, 1.165) is 43.7 Å². The van der Waals surface area contributed by atoms with Crippen molar-refractivity contribution in [2.24, 2.45) is 4.99 Å². The minimum Gasteiger partial charge on any atom is -0.379 e. The van der Waals surface area contributed by atoms with Gasteiger partial charge in [-0.25, -0.2) is 0 Å². The SMILES string of the molecule is Cc1sc2c(c1C)C(c1ccc(Cl)cc1)=N[C@@H](CC(=O)NCCCOCCOCCOCCOCCOCCOCCSc1cccc3c1CN(C1CCC(=O)NC1=O)C3=O)c1nnc(C)n1-2. The molecule has 0 bridgehead atoms. The average Bonchev–Trinajstić information content (AvgIpc) is 3.93. The van der Waals surface area contributed by atoms with E-state index in [2.05, 4.69) is 34.7 Å². The number of carbonyl (C=O) groups is 4. The van der Waals surface area contributed by atoms with Gasteiger partial charge in [0.25, 0.3) is 5.91 Å². The second-order valence-corrected chi connectivity index (χ2v) is 18.8. The molecule has 0 aliphatic carbocycles. The molecule has 2 N–H and O–H groups in total. The largest absolute Gasteiger partial charge is 0.379 e. The first-order valence-corrected chi connectivity index (χ1v) is 24.8. The van der Waals surface area contributed by atoms with Gasteiger partial charge < -0.3 is 38.6 Å². The number of nitrogens with one attached hydrogen (secondary N) is 2. The van der Waals surface area contributed by atoms with Crippen LogP contribution in [0.3, 0.4) is 0 Å². The monoisotopic (exact) mass is 979 g/mol. The van der Waals surface area contributed by atoms with Crippen LogP contribution in [0.25, 0.3) is 5.00 Å². The summed E-state index contributed by atoms with van der Waals surface area (Å²) >= 11 is 9.51. The number of fused-ring (bicyclic) bond motifs is 4. The van der Waals surface area contributed by atoms with Gasteiger partial charge in [0.05, 0.1) is 84.8 Å². The Morgan fingerprint density at radius 2 is 1.49 bits per heavy atom. The van der Waals surface area contributed by atoms with Crippen molar-refractivity contribution in [2.75, 3.05) is 91.6 Å². The lowest BCUT2D eigenvalue weighted by Crippen LogP contribution is -2.52. The van der Waals surface area contributed by atoms with E-state index in [9.17, 15) is 19.2 Å². The highest BCUT2D eigenvalue weighted by molar-refractivity contribution is 7.99. The Hall–Kier alpha value is -4.57. The van der Waals surface area contributed by atoms with E-state index >= 15 is 0 Å². The number of thiophene rings is 1. The van der Waals surface area contributed by atoms with Crippen LogP contribution >= 0.6 is 34.7 Å². The minimum absolute atomic E-state index is 0.125. The molecule has 17 nitrogen and oxygen atoms in total. The predicted octanol–water partition coefficient (Wildman–Crippen LogP) is 5.35. The number of halogens is 1. The van der Waals surface area contributed by atoms with Gasteiger partial charge in [-0.3, -0.25) is 34.1 Å². The molecule has 3 aliphatic rings. The summed E-state index contributed by atoms with van der Waals surface area (Å²) in [7, 11) is 0. The zero-order valence-corrected chi connectivity index (χ0v) is 40.5. The maximum Gasteiger partial charge on any atom is 0.255 e. The lowest BCUT2D eigenvalue weighted by molar-refractivity contribution is -0.137. The van der Waals surface area contributed by atoms with Crippen molar-refractivity contribution < 1.29 is 47.6 Å². The van der Waals surface area contributed by atoms with Gasteiger partial charge in [0.1, 0.15) is 22.9 Å². The fourth-order valence-corrected chi connectivity index (χ4v) is 10.2. The number of ether oxygens (including phenoxy) is 6. The molecule has 4 aromatic rings. The molecule has 20 heteroatoms. The quantitative estimate of drug-likeness (QED) is 0.0442. The minimum atomic E-state index is -0.629. The number of benzene rings is 2. The summed E-state index contributed by atoms with van der Waals surface area (Å²) in [4.78, 5) is 59.1. The van der Waals surface area contributed by atoms with E-state index in [-0.39, 0.29) is 30.6 Å². The molecular weight excluding hydrogens is 922 g/mol. The van der Waals surface area contributed by atoms with Crippen molar-refractivity contribution in [3.8, 4) is 5.00 Å². The van der Waals surface area contributed by atoms with Crippen LogP contribution in [-0.4, -0.2) is 147 Å². The molecule has 0 spiro atoms. The molecule has 1 saturated heterocycles. The summed E-state index contributed by atoms with van der Waals surface area (Å²) in [5.41, 5.74) is 5.42. The molecule has 1 unspecified atom stereocenters. The fraction of sp³-hybridized carbons (Fsp3) is 0.511. The second kappa shape index (κ2) is 25.2. The average molecular weight is 981 g/mol. The Morgan fingerprint density at radius 3 is 2.15 bits per heavy atom. The van der Waals surface area contributed by atoms with E-state index in [1.807, 2.05) is 47.9 Å². The molecule has 3 aliphatic heterocycles. The van der Waals surface area contributed by atoms with Crippen LogP contribution in [0, 0.1) is 20.8 Å². The Kier molecular flexibility index (Phi) is 18.9. The van der Waals surface area contributed by atoms with Crippen LogP contribution in [-0.2, 0) is 49.3 Å². The molecule has 0 saturated carbocycles. The Morgan fingerprint density at radius 1 is 0.851 bits per heavy atom. The van der Waals surface area contributed by atoms with Crippen LogP contribution < -0.4 is 10.6 Å². The topological polar surface area (TPSA) is 194 Å². The zero-order chi connectivity index (χ0) is 47.1. The van der Waals surface area contributed by atoms with Crippen LogP contribution in [0.15, 0.2) is 52.4 Å². The van der Waals surface area contributed by atoms with E-state index in [0.29, 0.717) is 127 Å². The standard InChI is InChI=1S/C47H58ClN7O10S2/c1-30-31(2)67-47-42(30)43(33-8-10-34(48)11-9-33)50-37(44-53-52-32(3)55(44)47)28-41(57)49-14-5-15-60-16-17-61-18-19-62-20-21-63-22-23-64-24-25-65-26-27-66-39-7-4-6-35-36(39)29-54(46(35)59)38-12-13-40(56)51-45(38)58/h4,6-11,37-38H,5,12-29H2,1-3H3,(H,49,57)(H,51,56,58)/t37-,38?/m0/s1. The first-order chi connectivity index (χ1) is 32.6. The summed E-state index contributed by atoms with van der Waals surface area (Å²) in [6.07, 6.45) is 1.35. The number of imide groups is 1. The van der Waals surface area contributed by atoms with E-state index in [1.165, 1.54) is 4.88 Å². The van der Waals surface area contributed by atoms with E-state index in [4.69, 9.17) is 45.0 Å². The highest BCUT2D eigenvalue weighted by Gasteiger charge is 2.40. The van der Waals surface area contributed by atoms with E-state index < -0.39 is 18.0 Å². The fourth-order valence-electron chi connectivity index (χ4n) is 7.89. The van der Waals surface area contributed by atoms with Gasteiger partial charge in [-0.15, -0.1) is 33.3 Å². The number of carbonyl (C=O) groups excluding carboxylic acids is 4. The number of thioether (sulfide) groups is 1. The molecule has 2 aromatic heterocycles. The lowest BCUT2D eigenvalue weighted by atomic mass is 9.99.